The second-order valence-electron chi connectivity index (χ2n) is 4.22. The number of terminal acetylenes is 1. The van der Waals surface area contributed by atoms with Crippen molar-refractivity contribution in [2.75, 3.05) is 26.8 Å². The van der Waals surface area contributed by atoms with Crippen molar-refractivity contribution in [3.63, 3.8) is 0 Å². The molecule has 0 aliphatic carbocycles. The summed E-state index contributed by atoms with van der Waals surface area (Å²) < 4.78 is 10.8. The first-order chi connectivity index (χ1) is 8.31. The van der Waals surface area contributed by atoms with E-state index in [1.54, 1.807) is 7.11 Å². The molecule has 3 nitrogen and oxygen atoms in total. The van der Waals surface area contributed by atoms with E-state index in [-0.39, 0.29) is 0 Å². The highest BCUT2D eigenvalue weighted by molar-refractivity contribution is 5.31. The fourth-order valence-corrected chi connectivity index (χ4v) is 1.97. The Labute approximate surface area is 102 Å². The van der Waals surface area contributed by atoms with E-state index in [2.05, 4.69) is 6.04 Å². The fraction of sp³-hybridized carbons (Fsp3) is 0.429. The molecule has 17 heavy (non-hydrogen) atoms. The average Bonchev–Trinajstić information content (AvgIpc) is 2.85. The highest BCUT2D eigenvalue weighted by Gasteiger charge is 2.20. The summed E-state index contributed by atoms with van der Waals surface area (Å²) in [5.41, 5.74) is 0. The predicted octanol–water partition coefficient (Wildman–Crippen LogP) is 1.99. The molecule has 0 radical (unpaired) electrons. The van der Waals surface area contributed by atoms with E-state index in [1.807, 2.05) is 29.2 Å². The molecule has 1 atom stereocenters. The summed E-state index contributed by atoms with van der Waals surface area (Å²) in [5.74, 6) is 2.26. The van der Waals surface area contributed by atoms with Gasteiger partial charge < -0.3 is 14.4 Å². The van der Waals surface area contributed by atoms with Gasteiger partial charge in [-0.3, -0.25) is 0 Å². The van der Waals surface area contributed by atoms with E-state index in [1.165, 1.54) is 0 Å². The van der Waals surface area contributed by atoms with Crippen LogP contribution in [0.1, 0.15) is 6.42 Å². The second kappa shape index (κ2) is 5.49. The molecule has 1 saturated heterocycles. The Morgan fingerprint density at radius 3 is 2.65 bits per heavy atom. The van der Waals surface area contributed by atoms with Gasteiger partial charge in [0.1, 0.15) is 11.5 Å². The topological polar surface area (TPSA) is 21.7 Å². The van der Waals surface area contributed by atoms with Gasteiger partial charge in [-0.2, -0.15) is 0 Å². The normalized spacial score (nSPS) is 18.8. The zero-order chi connectivity index (χ0) is 12.1. The van der Waals surface area contributed by atoms with Crippen LogP contribution in [0.2, 0.25) is 0 Å². The summed E-state index contributed by atoms with van der Waals surface area (Å²) in [6.45, 7) is 2.64. The summed E-state index contributed by atoms with van der Waals surface area (Å²) in [6.07, 6.45) is 6.47. The van der Waals surface area contributed by atoms with Crippen molar-refractivity contribution >= 4 is 0 Å². The minimum Gasteiger partial charge on any atom is -0.497 e. The first-order valence-corrected chi connectivity index (χ1v) is 5.80. The van der Waals surface area contributed by atoms with Gasteiger partial charge in [-0.25, -0.2) is 0 Å². The van der Waals surface area contributed by atoms with E-state index in [9.17, 15) is 0 Å². The smallest absolute Gasteiger partial charge is 0.119 e. The molecule has 0 spiro atoms. The van der Waals surface area contributed by atoms with Crippen LogP contribution < -0.4 is 9.47 Å². The van der Waals surface area contributed by atoms with Crippen LogP contribution in [0.15, 0.2) is 24.3 Å². The van der Waals surface area contributed by atoms with Gasteiger partial charge in [0.05, 0.1) is 13.7 Å². The quantitative estimate of drug-likeness (QED) is 0.740. The van der Waals surface area contributed by atoms with Crippen molar-refractivity contribution < 1.29 is 9.47 Å². The molecule has 1 fully saturated rings. The predicted molar refractivity (Wildman–Crippen MR) is 67.0 cm³/mol. The maximum absolute atomic E-state index is 5.73. The molecule has 1 aromatic rings. The van der Waals surface area contributed by atoms with Gasteiger partial charge >= 0.3 is 0 Å². The van der Waals surface area contributed by atoms with Crippen molar-refractivity contribution in [3.05, 3.63) is 24.3 Å². The monoisotopic (exact) mass is 231 g/mol. The molecule has 0 aromatic heterocycles. The summed E-state index contributed by atoms with van der Waals surface area (Å²) in [6, 6.07) is 10.3. The van der Waals surface area contributed by atoms with Crippen molar-refractivity contribution in [2.24, 2.45) is 5.92 Å². The van der Waals surface area contributed by atoms with E-state index in [4.69, 9.17) is 15.9 Å². The molecule has 1 heterocycles. The molecule has 0 bridgehead atoms. The molecule has 0 amide bonds. The van der Waals surface area contributed by atoms with Crippen molar-refractivity contribution in [3.8, 4) is 24.0 Å². The van der Waals surface area contributed by atoms with Crippen molar-refractivity contribution in [1.29, 1.82) is 0 Å². The molecular formula is C14H17NO2. The molecule has 2 rings (SSSR count). The molecular weight excluding hydrogens is 214 g/mol. The van der Waals surface area contributed by atoms with Gasteiger partial charge in [-0.15, -0.1) is 0 Å². The van der Waals surface area contributed by atoms with Crippen LogP contribution in [-0.2, 0) is 0 Å². The number of methoxy groups -OCH3 is 1. The summed E-state index contributed by atoms with van der Waals surface area (Å²) in [7, 11) is 1.66. The lowest BCUT2D eigenvalue weighted by Crippen LogP contribution is -2.17. The first kappa shape index (κ1) is 11.7. The minimum absolute atomic E-state index is 0.535. The van der Waals surface area contributed by atoms with Crippen LogP contribution in [0.3, 0.4) is 0 Å². The molecule has 1 aliphatic heterocycles. The minimum atomic E-state index is 0.535. The SMILES string of the molecule is C#CN1CCC(COc2ccc(OC)cc2)C1. The van der Waals surface area contributed by atoms with Gasteiger partial charge in [0.25, 0.3) is 0 Å². The van der Waals surface area contributed by atoms with Crippen LogP contribution in [0, 0.1) is 18.4 Å². The van der Waals surface area contributed by atoms with Gasteiger partial charge in [-0.05, 0) is 30.7 Å². The average molecular weight is 231 g/mol. The van der Waals surface area contributed by atoms with Gasteiger partial charge in [-0.1, -0.05) is 6.42 Å². The van der Waals surface area contributed by atoms with Crippen molar-refractivity contribution in [2.45, 2.75) is 6.42 Å². The number of likely N-dealkylation sites (tertiary alicyclic amines) is 1. The Balaban J connectivity index is 1.80. The van der Waals surface area contributed by atoms with Crippen LogP contribution in [-0.4, -0.2) is 31.7 Å². The molecule has 1 unspecified atom stereocenters. The molecule has 90 valence electrons. The number of rotatable bonds is 4. The highest BCUT2D eigenvalue weighted by atomic mass is 16.5. The lowest BCUT2D eigenvalue weighted by atomic mass is 10.1. The number of benzene rings is 1. The molecule has 1 aliphatic rings. The Kier molecular flexibility index (Phi) is 3.77. The van der Waals surface area contributed by atoms with E-state index >= 15 is 0 Å². The van der Waals surface area contributed by atoms with Crippen LogP contribution in [0.4, 0.5) is 0 Å². The van der Waals surface area contributed by atoms with E-state index < -0.39 is 0 Å². The Morgan fingerprint density at radius 1 is 1.35 bits per heavy atom. The molecule has 1 aromatic carbocycles. The van der Waals surface area contributed by atoms with E-state index in [0.717, 1.165) is 37.6 Å². The van der Waals surface area contributed by atoms with Crippen LogP contribution >= 0.6 is 0 Å². The zero-order valence-corrected chi connectivity index (χ0v) is 10.1. The van der Waals surface area contributed by atoms with Crippen LogP contribution in [0.25, 0.3) is 0 Å². The Morgan fingerprint density at radius 2 is 2.06 bits per heavy atom. The lowest BCUT2D eigenvalue weighted by molar-refractivity contribution is 0.253. The van der Waals surface area contributed by atoms with Gasteiger partial charge in [0, 0.05) is 25.1 Å². The van der Waals surface area contributed by atoms with Crippen molar-refractivity contribution in [1.82, 2.24) is 4.90 Å². The Bertz CT molecular complexity index is 394. The second-order valence-corrected chi connectivity index (χ2v) is 4.22. The maximum atomic E-state index is 5.73. The maximum Gasteiger partial charge on any atom is 0.119 e. The van der Waals surface area contributed by atoms with Crippen LogP contribution in [0.5, 0.6) is 11.5 Å². The first-order valence-electron chi connectivity index (χ1n) is 5.80. The zero-order valence-electron chi connectivity index (χ0n) is 10.1. The standard InChI is InChI=1S/C14H17NO2/c1-3-15-9-8-12(10-15)11-17-14-6-4-13(16-2)5-7-14/h1,4-7,12H,8-11H2,2H3. The van der Waals surface area contributed by atoms with E-state index in [0.29, 0.717) is 5.92 Å². The lowest BCUT2D eigenvalue weighted by Gasteiger charge is -2.12. The summed E-state index contributed by atoms with van der Waals surface area (Å²) in [4.78, 5) is 2.00. The third-order valence-electron chi connectivity index (χ3n) is 3.01. The Hall–Kier alpha value is -1.82. The molecule has 3 heteroatoms. The third-order valence-corrected chi connectivity index (χ3v) is 3.01. The fourth-order valence-electron chi connectivity index (χ4n) is 1.97. The molecule has 0 N–H and O–H groups in total. The molecule has 0 saturated carbocycles. The largest absolute Gasteiger partial charge is 0.497 e. The highest BCUT2D eigenvalue weighted by Crippen LogP contribution is 2.20. The summed E-state index contributed by atoms with van der Waals surface area (Å²) >= 11 is 0. The third kappa shape index (κ3) is 3.07. The van der Waals surface area contributed by atoms with Gasteiger partial charge in [0.15, 0.2) is 0 Å². The summed E-state index contributed by atoms with van der Waals surface area (Å²) in [5, 5.41) is 0. The number of nitrogens with zero attached hydrogens (tertiary/aromatic N) is 1. The number of hydrogen-bond acceptors (Lipinski definition) is 3. The number of hydrogen-bond donors (Lipinski definition) is 0. The van der Waals surface area contributed by atoms with Gasteiger partial charge in [0.2, 0.25) is 0 Å². The number of ether oxygens (including phenoxy) is 2.